The second-order valence-corrected chi connectivity index (χ2v) is 5.35. The van der Waals surface area contributed by atoms with Crippen molar-refractivity contribution in [3.63, 3.8) is 0 Å². The first-order valence-electron chi connectivity index (χ1n) is 6.64. The Labute approximate surface area is 139 Å². The van der Waals surface area contributed by atoms with Crippen molar-refractivity contribution in [3.05, 3.63) is 47.3 Å². The summed E-state index contributed by atoms with van der Waals surface area (Å²) in [6.45, 7) is 1.27. The van der Waals surface area contributed by atoms with E-state index in [4.69, 9.17) is 0 Å². The van der Waals surface area contributed by atoms with Crippen molar-refractivity contribution in [3.8, 4) is 11.4 Å². The minimum atomic E-state index is -4.46. The molecule has 0 radical (unpaired) electrons. The van der Waals surface area contributed by atoms with Crippen LogP contribution in [0.15, 0.2) is 30.5 Å². The molecule has 0 saturated heterocycles. The van der Waals surface area contributed by atoms with Crippen LogP contribution in [0.2, 0.25) is 0 Å². The summed E-state index contributed by atoms with van der Waals surface area (Å²) in [7, 11) is 0. The van der Waals surface area contributed by atoms with Gasteiger partial charge in [-0.3, -0.25) is 4.79 Å². The number of nitrogens with zero attached hydrogens (tertiary/aromatic N) is 2. The standard InChI is InChI=1S/C15H13BrF3N3O/c1-9(23)21-8-10-6-11(15(17,18)19)2-3-13(10)14-20-5-4-12(7-16)22-14/h2-6H,7-8H2,1H3,(H,21,23). The van der Waals surface area contributed by atoms with Crippen molar-refractivity contribution < 1.29 is 18.0 Å². The lowest BCUT2D eigenvalue weighted by atomic mass is 10.0. The largest absolute Gasteiger partial charge is 0.416 e. The molecule has 0 aliphatic rings. The Balaban J connectivity index is 2.50. The van der Waals surface area contributed by atoms with E-state index in [1.54, 1.807) is 12.3 Å². The van der Waals surface area contributed by atoms with E-state index in [9.17, 15) is 18.0 Å². The Kier molecular flexibility index (Phi) is 5.35. The third kappa shape index (κ3) is 4.51. The van der Waals surface area contributed by atoms with Crippen LogP contribution in [0.4, 0.5) is 13.2 Å². The number of halogens is 4. The highest BCUT2D eigenvalue weighted by atomic mass is 79.9. The molecule has 2 rings (SSSR count). The molecule has 1 aromatic carbocycles. The minimum Gasteiger partial charge on any atom is -0.352 e. The van der Waals surface area contributed by atoms with Crippen LogP contribution < -0.4 is 5.32 Å². The molecule has 0 unspecified atom stereocenters. The number of nitrogens with one attached hydrogen (secondary N) is 1. The summed E-state index contributed by atoms with van der Waals surface area (Å²) in [5.41, 5.74) is 0.690. The molecule has 23 heavy (non-hydrogen) atoms. The maximum absolute atomic E-state index is 12.9. The van der Waals surface area contributed by atoms with Gasteiger partial charge in [0.05, 0.1) is 11.3 Å². The molecule has 0 aliphatic carbocycles. The molecule has 0 fully saturated rings. The van der Waals surface area contributed by atoms with E-state index in [1.165, 1.54) is 13.0 Å². The quantitative estimate of drug-likeness (QED) is 0.813. The first kappa shape index (κ1) is 17.4. The lowest BCUT2D eigenvalue weighted by Crippen LogP contribution is -2.20. The van der Waals surface area contributed by atoms with E-state index >= 15 is 0 Å². The number of amides is 1. The van der Waals surface area contributed by atoms with E-state index in [1.807, 2.05) is 0 Å². The van der Waals surface area contributed by atoms with Crippen LogP contribution in [-0.4, -0.2) is 15.9 Å². The van der Waals surface area contributed by atoms with Gasteiger partial charge in [-0.1, -0.05) is 22.0 Å². The molecule has 2 aromatic rings. The summed E-state index contributed by atoms with van der Waals surface area (Å²) >= 11 is 3.27. The van der Waals surface area contributed by atoms with Gasteiger partial charge in [-0.05, 0) is 23.8 Å². The number of carbonyl (C=O) groups is 1. The fourth-order valence-electron chi connectivity index (χ4n) is 1.95. The number of rotatable bonds is 4. The van der Waals surface area contributed by atoms with E-state index in [2.05, 4.69) is 31.2 Å². The molecule has 1 heterocycles. The van der Waals surface area contributed by atoms with E-state index in [0.29, 0.717) is 28.0 Å². The molecule has 122 valence electrons. The number of hydrogen-bond acceptors (Lipinski definition) is 3. The summed E-state index contributed by atoms with van der Waals surface area (Å²) in [6, 6.07) is 5.02. The van der Waals surface area contributed by atoms with Crippen LogP contribution in [0, 0.1) is 0 Å². The van der Waals surface area contributed by atoms with Crippen molar-refractivity contribution in [2.24, 2.45) is 0 Å². The zero-order chi connectivity index (χ0) is 17.0. The average molecular weight is 388 g/mol. The van der Waals surface area contributed by atoms with E-state index in [0.717, 1.165) is 12.1 Å². The third-order valence-corrected chi connectivity index (χ3v) is 3.63. The van der Waals surface area contributed by atoms with Crippen LogP contribution in [0.25, 0.3) is 11.4 Å². The second-order valence-electron chi connectivity index (χ2n) is 4.78. The highest BCUT2D eigenvalue weighted by Crippen LogP contribution is 2.32. The SMILES string of the molecule is CC(=O)NCc1cc(C(F)(F)F)ccc1-c1nccc(CBr)n1. The molecule has 1 amide bonds. The number of carbonyl (C=O) groups excluding carboxylic acids is 1. The summed E-state index contributed by atoms with van der Waals surface area (Å²) in [5, 5.41) is 3.01. The monoisotopic (exact) mass is 387 g/mol. The van der Waals surface area contributed by atoms with Gasteiger partial charge in [0.1, 0.15) is 0 Å². The molecule has 0 bridgehead atoms. The van der Waals surface area contributed by atoms with Crippen LogP contribution >= 0.6 is 15.9 Å². The molecule has 1 aromatic heterocycles. The van der Waals surface area contributed by atoms with Gasteiger partial charge in [-0.25, -0.2) is 9.97 Å². The van der Waals surface area contributed by atoms with Gasteiger partial charge in [0.2, 0.25) is 5.91 Å². The highest BCUT2D eigenvalue weighted by molar-refractivity contribution is 9.08. The van der Waals surface area contributed by atoms with Crippen LogP contribution in [0.5, 0.6) is 0 Å². The summed E-state index contributed by atoms with van der Waals surface area (Å²) < 4.78 is 38.7. The maximum Gasteiger partial charge on any atom is 0.416 e. The second kappa shape index (κ2) is 7.08. The first-order valence-corrected chi connectivity index (χ1v) is 7.76. The molecule has 4 nitrogen and oxygen atoms in total. The van der Waals surface area contributed by atoms with Crippen molar-refractivity contribution in [1.29, 1.82) is 0 Å². The highest BCUT2D eigenvalue weighted by Gasteiger charge is 2.31. The molecule has 8 heteroatoms. The molecular formula is C15H13BrF3N3O. The minimum absolute atomic E-state index is 0.0313. The molecule has 1 N–H and O–H groups in total. The maximum atomic E-state index is 12.9. The Morgan fingerprint density at radius 3 is 2.65 bits per heavy atom. The third-order valence-electron chi connectivity index (χ3n) is 3.05. The van der Waals surface area contributed by atoms with Gasteiger partial charge in [0.25, 0.3) is 0 Å². The lowest BCUT2D eigenvalue weighted by molar-refractivity contribution is -0.137. The predicted octanol–water partition coefficient (Wildman–Crippen LogP) is 3.69. The van der Waals surface area contributed by atoms with Crippen molar-refractivity contribution >= 4 is 21.8 Å². The lowest BCUT2D eigenvalue weighted by Gasteiger charge is -2.13. The number of alkyl halides is 4. The number of hydrogen-bond donors (Lipinski definition) is 1. The zero-order valence-corrected chi connectivity index (χ0v) is 13.7. The molecule has 0 spiro atoms. The molecule has 0 saturated carbocycles. The zero-order valence-electron chi connectivity index (χ0n) is 12.1. The van der Waals surface area contributed by atoms with Gasteiger partial charge in [0.15, 0.2) is 5.82 Å². The van der Waals surface area contributed by atoms with Gasteiger partial charge in [-0.15, -0.1) is 0 Å². The Morgan fingerprint density at radius 1 is 1.30 bits per heavy atom. The fraction of sp³-hybridized carbons (Fsp3) is 0.267. The van der Waals surface area contributed by atoms with E-state index in [-0.39, 0.29) is 12.5 Å². The summed E-state index contributed by atoms with van der Waals surface area (Å²) in [4.78, 5) is 19.5. The molecular weight excluding hydrogens is 375 g/mol. The van der Waals surface area contributed by atoms with Crippen molar-refractivity contribution in [2.45, 2.75) is 25.0 Å². The normalized spacial score (nSPS) is 11.3. The van der Waals surface area contributed by atoms with Gasteiger partial charge in [-0.2, -0.15) is 13.2 Å². The number of benzene rings is 1. The molecule has 0 atom stereocenters. The topological polar surface area (TPSA) is 54.9 Å². The van der Waals surface area contributed by atoms with Crippen molar-refractivity contribution in [1.82, 2.24) is 15.3 Å². The summed E-state index contributed by atoms with van der Waals surface area (Å²) in [6.07, 6.45) is -2.92. The van der Waals surface area contributed by atoms with Gasteiger partial charge in [0, 0.05) is 30.6 Å². The van der Waals surface area contributed by atoms with Crippen LogP contribution in [-0.2, 0) is 22.8 Å². The smallest absolute Gasteiger partial charge is 0.352 e. The van der Waals surface area contributed by atoms with Crippen LogP contribution in [0.1, 0.15) is 23.7 Å². The van der Waals surface area contributed by atoms with Gasteiger partial charge < -0.3 is 5.32 Å². The predicted molar refractivity (Wildman–Crippen MR) is 82.6 cm³/mol. The fourth-order valence-corrected chi connectivity index (χ4v) is 2.27. The van der Waals surface area contributed by atoms with E-state index < -0.39 is 11.7 Å². The Hall–Kier alpha value is -1.96. The Bertz CT molecular complexity index is 719. The first-order chi connectivity index (χ1) is 10.8. The Morgan fingerprint density at radius 2 is 2.04 bits per heavy atom. The summed E-state index contributed by atoms with van der Waals surface area (Å²) in [5.74, 6) is -0.0143. The molecule has 0 aliphatic heterocycles. The van der Waals surface area contributed by atoms with Crippen molar-refractivity contribution in [2.75, 3.05) is 0 Å². The van der Waals surface area contributed by atoms with Gasteiger partial charge >= 0.3 is 6.18 Å². The van der Waals surface area contributed by atoms with Crippen LogP contribution in [0.3, 0.4) is 0 Å². The number of aromatic nitrogens is 2. The average Bonchev–Trinajstić information content (AvgIpc) is 2.51.